The van der Waals surface area contributed by atoms with Crippen LogP contribution >= 0.6 is 0 Å². The lowest BCUT2D eigenvalue weighted by molar-refractivity contribution is 0.0929. The zero-order valence-corrected chi connectivity index (χ0v) is 18.0. The summed E-state index contributed by atoms with van der Waals surface area (Å²) >= 11 is 0. The molecule has 5 nitrogen and oxygen atoms in total. The molecule has 2 fully saturated rings. The van der Waals surface area contributed by atoms with Crippen LogP contribution in [0.25, 0.3) is 0 Å². The lowest BCUT2D eigenvalue weighted by Gasteiger charge is -2.23. The number of phenols is 1. The van der Waals surface area contributed by atoms with Gasteiger partial charge in [-0.15, -0.1) is 0 Å². The summed E-state index contributed by atoms with van der Waals surface area (Å²) in [5.74, 6) is 0.0283. The van der Waals surface area contributed by atoms with Gasteiger partial charge in [0, 0.05) is 35.3 Å². The average Bonchev–Trinajstić information content (AvgIpc) is 3.23. The Bertz CT molecular complexity index is 896. The van der Waals surface area contributed by atoms with E-state index in [2.05, 4.69) is 28.1 Å². The summed E-state index contributed by atoms with van der Waals surface area (Å²) in [6.07, 6.45) is 5.10. The van der Waals surface area contributed by atoms with Crippen molar-refractivity contribution in [1.29, 1.82) is 0 Å². The summed E-state index contributed by atoms with van der Waals surface area (Å²) in [6, 6.07) is 12.8. The van der Waals surface area contributed by atoms with E-state index in [-0.39, 0.29) is 23.7 Å². The van der Waals surface area contributed by atoms with Gasteiger partial charge in [-0.2, -0.15) is 0 Å². The van der Waals surface area contributed by atoms with E-state index in [1.54, 1.807) is 6.07 Å². The van der Waals surface area contributed by atoms with Gasteiger partial charge < -0.3 is 21.1 Å². The third-order valence-corrected chi connectivity index (χ3v) is 6.70. The van der Waals surface area contributed by atoms with Crippen molar-refractivity contribution < 1.29 is 14.3 Å². The first kappa shape index (κ1) is 21.8. The molecular formula is C25H32FN3O2. The van der Waals surface area contributed by atoms with E-state index in [1.807, 2.05) is 19.1 Å². The smallest absolute Gasteiger partial charge is 0.251 e. The number of benzene rings is 2. The molecule has 2 aromatic carbocycles. The van der Waals surface area contributed by atoms with Gasteiger partial charge in [0.05, 0.1) is 0 Å². The van der Waals surface area contributed by atoms with Gasteiger partial charge in [0.1, 0.15) is 11.6 Å². The molecule has 2 aliphatic rings. The first-order valence-electron chi connectivity index (χ1n) is 11.4. The maximum Gasteiger partial charge on any atom is 0.251 e. The van der Waals surface area contributed by atoms with Crippen molar-refractivity contribution in [1.82, 2.24) is 16.0 Å². The second-order valence-corrected chi connectivity index (χ2v) is 8.92. The number of carbonyl (C=O) groups is 1. The normalized spacial score (nSPS) is 22.9. The lowest BCUT2D eigenvalue weighted by atomic mass is 9.96. The summed E-state index contributed by atoms with van der Waals surface area (Å²) in [5, 5.41) is 20.1. The molecule has 3 atom stereocenters. The number of rotatable bonds is 6. The standard InChI is InChI=1S/C25H32FN3O2/c1-16(23-9-7-20(26)15-24(23)30)28-22-8-6-19(14-22)17-2-4-18(5-3-17)25(31)29-21-10-12-27-13-11-21/h2-5,7,9,15-16,19,21-22,27-28,30H,6,8,10-14H2,1H3,(H,29,31). The minimum absolute atomic E-state index is 0.00657. The van der Waals surface area contributed by atoms with Crippen LogP contribution in [0.15, 0.2) is 42.5 Å². The van der Waals surface area contributed by atoms with Gasteiger partial charge in [-0.3, -0.25) is 4.79 Å². The predicted octanol–water partition coefficient (Wildman–Crippen LogP) is 4.00. The number of halogens is 1. The molecule has 6 heteroatoms. The van der Waals surface area contributed by atoms with Gasteiger partial charge in [0.25, 0.3) is 5.91 Å². The van der Waals surface area contributed by atoms with Crippen LogP contribution in [0, 0.1) is 5.82 Å². The largest absolute Gasteiger partial charge is 0.508 e. The summed E-state index contributed by atoms with van der Waals surface area (Å²) in [7, 11) is 0. The van der Waals surface area contributed by atoms with Crippen molar-refractivity contribution in [3.63, 3.8) is 0 Å². The Balaban J connectivity index is 1.31. The van der Waals surface area contributed by atoms with Gasteiger partial charge in [0.15, 0.2) is 0 Å². The Hall–Kier alpha value is -2.44. The molecule has 1 heterocycles. The Kier molecular flexibility index (Phi) is 6.88. The molecule has 4 N–H and O–H groups in total. The number of nitrogens with one attached hydrogen (secondary N) is 3. The Labute approximate surface area is 183 Å². The van der Waals surface area contributed by atoms with Gasteiger partial charge in [0.2, 0.25) is 0 Å². The summed E-state index contributed by atoms with van der Waals surface area (Å²) in [6.45, 7) is 3.91. The molecular weight excluding hydrogens is 393 g/mol. The highest BCUT2D eigenvalue weighted by Gasteiger charge is 2.27. The molecule has 0 bridgehead atoms. The first-order chi connectivity index (χ1) is 15.0. The summed E-state index contributed by atoms with van der Waals surface area (Å²) in [4.78, 5) is 12.5. The van der Waals surface area contributed by atoms with E-state index in [1.165, 1.54) is 11.6 Å². The Morgan fingerprint density at radius 3 is 2.52 bits per heavy atom. The number of hydrogen-bond donors (Lipinski definition) is 4. The SMILES string of the molecule is CC(NC1CCC(c2ccc(C(=O)NC3CCNCC3)cc2)C1)c1ccc(F)cc1O. The fraction of sp³-hybridized carbons (Fsp3) is 0.480. The van der Waals surface area contributed by atoms with E-state index in [0.717, 1.165) is 56.8 Å². The predicted molar refractivity (Wildman–Crippen MR) is 120 cm³/mol. The van der Waals surface area contributed by atoms with E-state index in [0.29, 0.717) is 17.5 Å². The molecule has 1 aliphatic carbocycles. The van der Waals surface area contributed by atoms with E-state index >= 15 is 0 Å². The average molecular weight is 426 g/mol. The molecule has 166 valence electrons. The van der Waals surface area contributed by atoms with Crippen molar-refractivity contribution in [2.24, 2.45) is 0 Å². The van der Waals surface area contributed by atoms with Crippen LogP contribution in [0.5, 0.6) is 5.75 Å². The highest BCUT2D eigenvalue weighted by Crippen LogP contribution is 2.36. The first-order valence-corrected chi connectivity index (χ1v) is 11.4. The fourth-order valence-corrected chi connectivity index (χ4v) is 4.90. The Morgan fingerprint density at radius 1 is 1.06 bits per heavy atom. The highest BCUT2D eigenvalue weighted by molar-refractivity contribution is 5.94. The molecule has 1 aliphatic heterocycles. The van der Waals surface area contributed by atoms with Crippen molar-refractivity contribution in [2.45, 2.75) is 63.1 Å². The van der Waals surface area contributed by atoms with Gasteiger partial charge in [-0.1, -0.05) is 18.2 Å². The second kappa shape index (κ2) is 9.79. The molecule has 31 heavy (non-hydrogen) atoms. The van der Waals surface area contributed by atoms with E-state index in [4.69, 9.17) is 0 Å². The van der Waals surface area contributed by atoms with Crippen LogP contribution in [0.1, 0.15) is 72.5 Å². The minimum Gasteiger partial charge on any atom is -0.508 e. The van der Waals surface area contributed by atoms with E-state index in [9.17, 15) is 14.3 Å². The van der Waals surface area contributed by atoms with Crippen LogP contribution in [0.3, 0.4) is 0 Å². The van der Waals surface area contributed by atoms with Gasteiger partial charge in [-0.25, -0.2) is 4.39 Å². The molecule has 3 unspecified atom stereocenters. The third-order valence-electron chi connectivity index (χ3n) is 6.70. The molecule has 1 saturated heterocycles. The van der Waals surface area contributed by atoms with Crippen LogP contribution in [-0.4, -0.2) is 36.2 Å². The maximum absolute atomic E-state index is 13.2. The number of phenolic OH excluding ortho intramolecular Hbond substituents is 1. The monoisotopic (exact) mass is 425 g/mol. The number of hydrogen-bond acceptors (Lipinski definition) is 4. The van der Waals surface area contributed by atoms with Gasteiger partial charge in [-0.05, 0) is 81.8 Å². The van der Waals surface area contributed by atoms with Crippen LogP contribution < -0.4 is 16.0 Å². The van der Waals surface area contributed by atoms with Crippen molar-refractivity contribution in [3.8, 4) is 5.75 Å². The van der Waals surface area contributed by atoms with Crippen LogP contribution in [0.4, 0.5) is 4.39 Å². The number of carbonyl (C=O) groups excluding carboxylic acids is 1. The molecule has 0 spiro atoms. The number of piperidine rings is 1. The molecule has 4 rings (SSSR count). The molecule has 0 radical (unpaired) electrons. The van der Waals surface area contributed by atoms with Crippen molar-refractivity contribution in [3.05, 3.63) is 65.0 Å². The molecule has 1 amide bonds. The zero-order valence-electron chi connectivity index (χ0n) is 18.0. The summed E-state index contributed by atoms with van der Waals surface area (Å²) in [5.41, 5.74) is 2.70. The van der Waals surface area contributed by atoms with Gasteiger partial charge >= 0.3 is 0 Å². The van der Waals surface area contributed by atoms with Crippen LogP contribution in [0.2, 0.25) is 0 Å². The van der Waals surface area contributed by atoms with Crippen LogP contribution in [-0.2, 0) is 0 Å². The molecule has 0 aromatic heterocycles. The van der Waals surface area contributed by atoms with Crippen molar-refractivity contribution >= 4 is 5.91 Å². The second-order valence-electron chi connectivity index (χ2n) is 8.92. The topological polar surface area (TPSA) is 73.4 Å². The fourth-order valence-electron chi connectivity index (χ4n) is 4.90. The number of aromatic hydroxyl groups is 1. The third kappa shape index (κ3) is 5.43. The summed E-state index contributed by atoms with van der Waals surface area (Å²) < 4.78 is 13.2. The minimum atomic E-state index is -0.428. The quantitative estimate of drug-likeness (QED) is 0.565. The highest BCUT2D eigenvalue weighted by atomic mass is 19.1. The molecule has 1 saturated carbocycles. The Morgan fingerprint density at radius 2 is 1.81 bits per heavy atom. The van der Waals surface area contributed by atoms with E-state index < -0.39 is 5.82 Å². The lowest BCUT2D eigenvalue weighted by Crippen LogP contribution is -2.42. The zero-order chi connectivity index (χ0) is 21.8. The molecule has 2 aromatic rings. The number of amides is 1. The van der Waals surface area contributed by atoms with Crippen molar-refractivity contribution in [2.75, 3.05) is 13.1 Å². The maximum atomic E-state index is 13.2.